The fourth-order valence-electron chi connectivity index (χ4n) is 1.89. The molecule has 2 N–H and O–H groups in total. The van der Waals surface area contributed by atoms with E-state index < -0.39 is 12.5 Å². The molecule has 0 aliphatic heterocycles. The highest BCUT2D eigenvalue weighted by Crippen LogP contribution is 2.32. The maximum atomic E-state index is 14.1. The molecule has 0 bridgehead atoms. The summed E-state index contributed by atoms with van der Waals surface area (Å²) in [6.45, 7) is -0.461. The van der Waals surface area contributed by atoms with Crippen LogP contribution < -0.4 is 15.2 Å². The highest BCUT2D eigenvalue weighted by Gasteiger charge is 2.32. The van der Waals surface area contributed by atoms with Crippen molar-refractivity contribution in [3.8, 4) is 11.5 Å². The van der Waals surface area contributed by atoms with E-state index in [0.29, 0.717) is 12.3 Å². The van der Waals surface area contributed by atoms with E-state index in [4.69, 9.17) is 15.2 Å². The number of alkyl halides is 2. The summed E-state index contributed by atoms with van der Waals surface area (Å²) in [6.07, 6.45) is 0. The summed E-state index contributed by atoms with van der Waals surface area (Å²) in [7, 11) is 1.46. The Morgan fingerprint density at radius 2 is 1.76 bits per heavy atom. The summed E-state index contributed by atoms with van der Waals surface area (Å²) in [4.78, 5) is 0. The quantitative estimate of drug-likeness (QED) is 0.888. The topological polar surface area (TPSA) is 44.5 Å². The van der Waals surface area contributed by atoms with Gasteiger partial charge in [-0.05, 0) is 17.7 Å². The number of halogens is 2. The van der Waals surface area contributed by atoms with Gasteiger partial charge in [-0.25, -0.2) is 0 Å². The normalized spacial score (nSPS) is 11.2. The molecule has 0 amide bonds. The predicted molar refractivity (Wildman–Crippen MR) is 76.7 cm³/mol. The van der Waals surface area contributed by atoms with Crippen LogP contribution in [0.1, 0.15) is 11.1 Å². The maximum absolute atomic E-state index is 14.1. The molecule has 0 heterocycles. The second-order valence-electron chi connectivity index (χ2n) is 4.55. The van der Waals surface area contributed by atoms with Crippen LogP contribution in [0.25, 0.3) is 0 Å². The van der Waals surface area contributed by atoms with Crippen molar-refractivity contribution in [2.45, 2.75) is 12.5 Å². The minimum atomic E-state index is -3.08. The zero-order valence-corrected chi connectivity index (χ0v) is 11.7. The average Bonchev–Trinajstić information content (AvgIpc) is 2.53. The Kier molecular flexibility index (Phi) is 4.75. The van der Waals surface area contributed by atoms with E-state index in [2.05, 4.69) is 0 Å². The Morgan fingerprint density at radius 1 is 1.05 bits per heavy atom. The molecule has 0 aliphatic carbocycles. The number of ether oxygens (including phenoxy) is 2. The van der Waals surface area contributed by atoms with Gasteiger partial charge >= 0.3 is 5.92 Å². The van der Waals surface area contributed by atoms with Gasteiger partial charge < -0.3 is 15.2 Å². The second-order valence-corrected chi connectivity index (χ2v) is 4.55. The van der Waals surface area contributed by atoms with Crippen molar-refractivity contribution < 1.29 is 18.3 Å². The highest BCUT2D eigenvalue weighted by atomic mass is 19.3. The van der Waals surface area contributed by atoms with E-state index in [0.717, 1.165) is 5.56 Å². The van der Waals surface area contributed by atoms with Gasteiger partial charge in [0.05, 0.1) is 7.11 Å². The lowest BCUT2D eigenvalue weighted by Crippen LogP contribution is -2.23. The van der Waals surface area contributed by atoms with Crippen LogP contribution in [-0.2, 0) is 12.5 Å². The Balaban J connectivity index is 2.15. The van der Waals surface area contributed by atoms with Crippen molar-refractivity contribution in [2.24, 2.45) is 5.73 Å². The molecule has 3 nitrogen and oxygen atoms in total. The van der Waals surface area contributed by atoms with Crippen molar-refractivity contribution in [3.05, 3.63) is 59.7 Å². The average molecular weight is 293 g/mol. The molecule has 0 radical (unpaired) electrons. The number of nitrogens with two attached hydrogens (primary N) is 1. The first-order valence-corrected chi connectivity index (χ1v) is 6.50. The summed E-state index contributed by atoms with van der Waals surface area (Å²) < 4.78 is 38.5. The van der Waals surface area contributed by atoms with Gasteiger partial charge in [0.15, 0.2) is 18.1 Å². The van der Waals surface area contributed by atoms with Crippen LogP contribution in [0.3, 0.4) is 0 Å². The van der Waals surface area contributed by atoms with Gasteiger partial charge in [0.2, 0.25) is 0 Å². The Labute approximate surface area is 122 Å². The molecule has 2 rings (SSSR count). The van der Waals surface area contributed by atoms with Gasteiger partial charge in [-0.1, -0.05) is 36.4 Å². The van der Waals surface area contributed by atoms with Gasteiger partial charge in [0, 0.05) is 12.1 Å². The van der Waals surface area contributed by atoms with Gasteiger partial charge in [-0.3, -0.25) is 0 Å². The summed E-state index contributed by atoms with van der Waals surface area (Å²) in [5.74, 6) is -2.42. The van der Waals surface area contributed by atoms with Crippen LogP contribution >= 0.6 is 0 Å². The largest absolute Gasteiger partial charge is 0.493 e. The number of benzene rings is 2. The minimum absolute atomic E-state index is 0.0843. The number of hydrogen-bond donors (Lipinski definition) is 1. The highest BCUT2D eigenvalue weighted by molar-refractivity contribution is 5.43. The molecule has 5 heteroatoms. The molecule has 2 aromatic carbocycles. The van der Waals surface area contributed by atoms with E-state index in [1.807, 2.05) is 0 Å². The second kappa shape index (κ2) is 6.54. The fourth-order valence-corrected chi connectivity index (χ4v) is 1.89. The molecule has 0 fully saturated rings. The minimum Gasteiger partial charge on any atom is -0.493 e. The lowest BCUT2D eigenvalue weighted by atomic mass is 10.1. The molecule has 0 saturated carbocycles. The van der Waals surface area contributed by atoms with E-state index in [1.165, 1.54) is 19.2 Å². The lowest BCUT2D eigenvalue weighted by molar-refractivity contribution is -0.0472. The zero-order chi connectivity index (χ0) is 15.3. The molecular formula is C16H17F2NO2. The van der Waals surface area contributed by atoms with Crippen LogP contribution in [0.5, 0.6) is 11.5 Å². The third-order valence-corrected chi connectivity index (χ3v) is 3.07. The van der Waals surface area contributed by atoms with Gasteiger partial charge in [-0.2, -0.15) is 8.78 Å². The molecule has 2 aromatic rings. The molecule has 21 heavy (non-hydrogen) atoms. The summed E-state index contributed by atoms with van der Waals surface area (Å²) in [6, 6.07) is 12.6. The van der Waals surface area contributed by atoms with Gasteiger partial charge in [0.1, 0.15) is 0 Å². The Morgan fingerprint density at radius 3 is 2.38 bits per heavy atom. The van der Waals surface area contributed by atoms with Crippen LogP contribution in [0, 0.1) is 0 Å². The van der Waals surface area contributed by atoms with Crippen molar-refractivity contribution in [2.75, 3.05) is 13.7 Å². The van der Waals surface area contributed by atoms with Crippen LogP contribution in [0.2, 0.25) is 0 Å². The summed E-state index contributed by atoms with van der Waals surface area (Å²) in [5, 5.41) is 0. The molecule has 112 valence electrons. The van der Waals surface area contributed by atoms with Crippen LogP contribution in [0.15, 0.2) is 48.5 Å². The van der Waals surface area contributed by atoms with E-state index in [1.54, 1.807) is 36.4 Å². The Hall–Kier alpha value is -2.14. The van der Waals surface area contributed by atoms with Gasteiger partial charge in [0.25, 0.3) is 0 Å². The maximum Gasteiger partial charge on any atom is 0.306 e. The fraction of sp³-hybridized carbons (Fsp3) is 0.250. The number of rotatable bonds is 6. The Bertz CT molecular complexity index is 588. The first kappa shape index (κ1) is 15.3. The number of hydrogen-bond acceptors (Lipinski definition) is 3. The van der Waals surface area contributed by atoms with Crippen molar-refractivity contribution in [3.63, 3.8) is 0 Å². The predicted octanol–water partition coefficient (Wildman–Crippen LogP) is 3.32. The molecule has 0 saturated heterocycles. The molecule has 0 atom stereocenters. The molecule has 0 aliphatic rings. The molecule has 0 aromatic heterocycles. The standard InChI is InChI=1S/C16H17F2NO2/c1-20-14-8-7-12(10-19)9-15(14)21-11-16(17,18)13-5-3-2-4-6-13/h2-9H,10-11,19H2,1H3. The number of methoxy groups -OCH3 is 1. The first-order chi connectivity index (χ1) is 10.1. The van der Waals surface area contributed by atoms with Crippen LogP contribution in [-0.4, -0.2) is 13.7 Å². The van der Waals surface area contributed by atoms with E-state index >= 15 is 0 Å². The monoisotopic (exact) mass is 293 g/mol. The lowest BCUT2D eigenvalue weighted by Gasteiger charge is -2.19. The molecule has 0 unspecified atom stereocenters. The first-order valence-electron chi connectivity index (χ1n) is 6.50. The third kappa shape index (κ3) is 3.70. The van der Waals surface area contributed by atoms with Crippen molar-refractivity contribution >= 4 is 0 Å². The SMILES string of the molecule is COc1ccc(CN)cc1OCC(F)(F)c1ccccc1. The smallest absolute Gasteiger partial charge is 0.306 e. The van der Waals surface area contributed by atoms with Crippen molar-refractivity contribution in [1.82, 2.24) is 0 Å². The molecule has 0 spiro atoms. The van der Waals surface area contributed by atoms with Gasteiger partial charge in [-0.15, -0.1) is 0 Å². The molecular weight excluding hydrogens is 276 g/mol. The van der Waals surface area contributed by atoms with E-state index in [9.17, 15) is 8.78 Å². The van der Waals surface area contributed by atoms with Crippen LogP contribution in [0.4, 0.5) is 8.78 Å². The van der Waals surface area contributed by atoms with Crippen molar-refractivity contribution in [1.29, 1.82) is 0 Å². The summed E-state index contributed by atoms with van der Waals surface area (Å²) >= 11 is 0. The van der Waals surface area contributed by atoms with E-state index in [-0.39, 0.29) is 11.3 Å². The summed E-state index contributed by atoms with van der Waals surface area (Å²) in [5.41, 5.74) is 6.24. The zero-order valence-electron chi connectivity index (χ0n) is 11.7. The third-order valence-electron chi connectivity index (χ3n) is 3.07.